The van der Waals surface area contributed by atoms with Crippen molar-refractivity contribution in [2.24, 2.45) is 0 Å². The van der Waals surface area contributed by atoms with Crippen molar-refractivity contribution in [2.45, 2.75) is 11.5 Å². The highest BCUT2D eigenvalue weighted by Gasteiger charge is 2.23. The number of anilines is 1. The van der Waals surface area contributed by atoms with Crippen LogP contribution < -0.4 is 9.46 Å². The summed E-state index contributed by atoms with van der Waals surface area (Å²) in [5, 5.41) is 12.9. The predicted octanol–water partition coefficient (Wildman–Crippen LogP) is 2.70. The molecule has 0 unspecified atom stereocenters. The molecule has 0 amide bonds. The SMILES string of the molecule is COc1c(CO)cc(Cl)cc1S(=O)(=O)Nc1ccsc1. The maximum absolute atomic E-state index is 12.4. The minimum absolute atomic E-state index is 0.0830. The number of hydrogen-bond donors (Lipinski definition) is 2. The molecule has 0 saturated carbocycles. The van der Waals surface area contributed by atoms with Gasteiger partial charge in [0.1, 0.15) is 10.6 Å². The Labute approximate surface area is 125 Å². The van der Waals surface area contributed by atoms with E-state index in [9.17, 15) is 13.5 Å². The Bertz CT molecular complexity index is 698. The van der Waals surface area contributed by atoms with Crippen LogP contribution in [0.2, 0.25) is 5.02 Å². The minimum atomic E-state index is -3.84. The van der Waals surface area contributed by atoms with E-state index in [0.717, 1.165) is 0 Å². The normalized spacial score (nSPS) is 11.3. The lowest BCUT2D eigenvalue weighted by molar-refractivity contribution is 0.272. The van der Waals surface area contributed by atoms with Crippen molar-refractivity contribution in [3.8, 4) is 5.75 Å². The fraction of sp³-hybridized carbons (Fsp3) is 0.167. The van der Waals surface area contributed by atoms with Crippen LogP contribution in [0.4, 0.5) is 5.69 Å². The zero-order valence-electron chi connectivity index (χ0n) is 10.5. The Morgan fingerprint density at radius 1 is 1.45 bits per heavy atom. The highest BCUT2D eigenvalue weighted by atomic mass is 35.5. The van der Waals surface area contributed by atoms with Crippen LogP contribution in [0.5, 0.6) is 5.75 Å². The standard InChI is InChI=1S/C12H12ClNO4S2/c1-18-12-8(6-15)4-9(13)5-11(12)20(16,17)14-10-2-3-19-7-10/h2-5,7,14-15H,6H2,1H3. The number of ether oxygens (including phenoxy) is 1. The second kappa shape index (κ2) is 6.01. The molecular formula is C12H12ClNO4S2. The average Bonchev–Trinajstić information content (AvgIpc) is 2.89. The van der Waals surface area contributed by atoms with Crippen LogP contribution in [0.25, 0.3) is 0 Å². The van der Waals surface area contributed by atoms with Gasteiger partial charge in [-0.25, -0.2) is 8.42 Å². The molecule has 0 aliphatic heterocycles. The number of halogens is 1. The Kier molecular flexibility index (Phi) is 4.54. The summed E-state index contributed by atoms with van der Waals surface area (Å²) in [5.74, 6) is 0.0830. The van der Waals surface area contributed by atoms with E-state index in [1.165, 1.54) is 30.6 Å². The Balaban J connectivity index is 2.53. The molecule has 8 heteroatoms. The molecule has 0 bridgehead atoms. The van der Waals surface area contributed by atoms with Crippen molar-refractivity contribution in [3.63, 3.8) is 0 Å². The average molecular weight is 334 g/mol. The topological polar surface area (TPSA) is 75.6 Å². The number of thiophene rings is 1. The predicted molar refractivity (Wildman–Crippen MR) is 79.1 cm³/mol. The number of sulfonamides is 1. The summed E-state index contributed by atoms with van der Waals surface area (Å²) in [5.41, 5.74) is 0.772. The van der Waals surface area contributed by atoms with Crippen LogP contribution >= 0.6 is 22.9 Å². The summed E-state index contributed by atoms with van der Waals surface area (Å²) in [6.45, 7) is -0.370. The lowest BCUT2D eigenvalue weighted by Gasteiger charge is -2.14. The molecule has 1 heterocycles. The van der Waals surface area contributed by atoms with Gasteiger partial charge in [-0.15, -0.1) is 0 Å². The van der Waals surface area contributed by atoms with Crippen molar-refractivity contribution in [1.29, 1.82) is 0 Å². The van der Waals surface area contributed by atoms with Gasteiger partial charge >= 0.3 is 0 Å². The first-order valence-electron chi connectivity index (χ1n) is 5.50. The molecule has 2 aromatic rings. The van der Waals surface area contributed by atoms with Crippen molar-refractivity contribution in [2.75, 3.05) is 11.8 Å². The van der Waals surface area contributed by atoms with Crippen molar-refractivity contribution in [1.82, 2.24) is 0 Å². The van der Waals surface area contributed by atoms with E-state index in [1.807, 2.05) is 0 Å². The van der Waals surface area contributed by atoms with E-state index >= 15 is 0 Å². The smallest absolute Gasteiger partial charge is 0.265 e. The number of methoxy groups -OCH3 is 1. The van der Waals surface area contributed by atoms with E-state index in [2.05, 4.69) is 4.72 Å². The Hall–Kier alpha value is -1.28. The molecule has 0 aliphatic carbocycles. The van der Waals surface area contributed by atoms with Crippen LogP contribution in [0.1, 0.15) is 5.56 Å². The minimum Gasteiger partial charge on any atom is -0.495 e. The van der Waals surface area contributed by atoms with Crippen LogP contribution in [-0.2, 0) is 16.6 Å². The van der Waals surface area contributed by atoms with Gasteiger partial charge in [0.15, 0.2) is 0 Å². The van der Waals surface area contributed by atoms with Gasteiger partial charge in [0.2, 0.25) is 0 Å². The van der Waals surface area contributed by atoms with Crippen LogP contribution in [0.3, 0.4) is 0 Å². The molecule has 0 saturated heterocycles. The van der Waals surface area contributed by atoms with Crippen LogP contribution in [0, 0.1) is 0 Å². The lowest BCUT2D eigenvalue weighted by Crippen LogP contribution is -2.14. The van der Waals surface area contributed by atoms with E-state index < -0.39 is 10.0 Å². The Morgan fingerprint density at radius 3 is 2.75 bits per heavy atom. The lowest BCUT2D eigenvalue weighted by atomic mass is 10.2. The van der Waals surface area contributed by atoms with Gasteiger partial charge in [-0.3, -0.25) is 4.72 Å². The summed E-state index contributed by atoms with van der Waals surface area (Å²) in [6.07, 6.45) is 0. The molecule has 2 rings (SSSR count). The van der Waals surface area contributed by atoms with E-state index in [0.29, 0.717) is 11.3 Å². The van der Waals surface area contributed by atoms with Gasteiger partial charge in [-0.05, 0) is 23.6 Å². The monoisotopic (exact) mass is 333 g/mol. The molecule has 0 fully saturated rings. The van der Waals surface area contributed by atoms with Gasteiger partial charge < -0.3 is 9.84 Å². The third-order valence-corrected chi connectivity index (χ3v) is 4.82. The maximum Gasteiger partial charge on any atom is 0.265 e. The summed E-state index contributed by atoms with van der Waals surface area (Å²) >= 11 is 7.26. The maximum atomic E-state index is 12.4. The Morgan fingerprint density at radius 2 is 2.20 bits per heavy atom. The number of nitrogens with one attached hydrogen (secondary N) is 1. The number of aliphatic hydroxyl groups excluding tert-OH is 1. The van der Waals surface area contributed by atoms with Crippen molar-refractivity contribution >= 4 is 38.6 Å². The molecule has 0 atom stereocenters. The second-order valence-corrected chi connectivity index (χ2v) is 6.74. The number of hydrogen-bond acceptors (Lipinski definition) is 5. The van der Waals surface area contributed by atoms with Crippen LogP contribution in [-0.4, -0.2) is 20.6 Å². The van der Waals surface area contributed by atoms with E-state index in [4.69, 9.17) is 16.3 Å². The number of rotatable bonds is 5. The van der Waals surface area contributed by atoms with Gasteiger partial charge in [-0.1, -0.05) is 11.6 Å². The second-order valence-electron chi connectivity index (χ2n) is 3.87. The molecule has 0 radical (unpaired) electrons. The van der Waals surface area contributed by atoms with Gasteiger partial charge in [0.25, 0.3) is 10.0 Å². The fourth-order valence-electron chi connectivity index (χ4n) is 1.70. The van der Waals surface area contributed by atoms with Gasteiger partial charge in [-0.2, -0.15) is 11.3 Å². The fourth-order valence-corrected chi connectivity index (χ4v) is 3.96. The number of benzene rings is 1. The van der Waals surface area contributed by atoms with Gasteiger partial charge in [0, 0.05) is 16.0 Å². The quantitative estimate of drug-likeness (QED) is 0.882. The molecule has 1 aromatic heterocycles. The largest absolute Gasteiger partial charge is 0.495 e. The molecule has 5 nitrogen and oxygen atoms in total. The summed E-state index contributed by atoms with van der Waals surface area (Å²) in [6, 6.07) is 4.39. The first kappa shape index (κ1) is 15.1. The molecule has 108 valence electrons. The van der Waals surface area contributed by atoms with E-state index in [1.54, 1.807) is 16.8 Å². The zero-order valence-corrected chi connectivity index (χ0v) is 12.8. The molecule has 1 aromatic carbocycles. The highest BCUT2D eigenvalue weighted by molar-refractivity contribution is 7.92. The summed E-state index contributed by atoms with van der Waals surface area (Å²) in [4.78, 5) is -0.109. The summed E-state index contributed by atoms with van der Waals surface area (Å²) in [7, 11) is -2.51. The first-order chi connectivity index (χ1) is 9.47. The number of aliphatic hydroxyl groups is 1. The highest BCUT2D eigenvalue weighted by Crippen LogP contribution is 2.33. The van der Waals surface area contributed by atoms with Crippen molar-refractivity contribution in [3.05, 3.63) is 39.5 Å². The first-order valence-corrected chi connectivity index (χ1v) is 8.30. The molecule has 20 heavy (non-hydrogen) atoms. The zero-order chi connectivity index (χ0) is 14.8. The molecule has 0 aliphatic rings. The summed E-state index contributed by atoms with van der Waals surface area (Å²) < 4.78 is 32.3. The third kappa shape index (κ3) is 3.06. The third-order valence-electron chi connectivity index (χ3n) is 2.53. The molecular weight excluding hydrogens is 322 g/mol. The van der Waals surface area contributed by atoms with E-state index in [-0.39, 0.29) is 22.3 Å². The van der Waals surface area contributed by atoms with Gasteiger partial charge in [0.05, 0.1) is 19.4 Å². The molecule has 0 spiro atoms. The van der Waals surface area contributed by atoms with Crippen molar-refractivity contribution < 1.29 is 18.3 Å². The van der Waals surface area contributed by atoms with Crippen LogP contribution in [0.15, 0.2) is 33.9 Å². The molecule has 2 N–H and O–H groups in total.